The summed E-state index contributed by atoms with van der Waals surface area (Å²) in [7, 11) is 3.38. The van der Waals surface area contributed by atoms with Crippen molar-refractivity contribution in [3.05, 3.63) is 84.0 Å². The SMILES string of the molecule is COc1ccccc1CC[C@@H]1OC2(C=CC(=O)C=C2)O[C@H]1CCc1ccccc1OC. The predicted molar refractivity (Wildman–Crippen MR) is 118 cm³/mol. The van der Waals surface area contributed by atoms with Gasteiger partial charge in [0.1, 0.15) is 11.5 Å². The van der Waals surface area contributed by atoms with Crippen LogP contribution < -0.4 is 9.47 Å². The molecule has 0 amide bonds. The molecule has 0 saturated carbocycles. The van der Waals surface area contributed by atoms with Crippen molar-refractivity contribution >= 4 is 5.78 Å². The van der Waals surface area contributed by atoms with Crippen LogP contribution in [-0.4, -0.2) is 38.0 Å². The minimum atomic E-state index is -0.967. The van der Waals surface area contributed by atoms with Crippen molar-refractivity contribution in [1.29, 1.82) is 0 Å². The lowest BCUT2D eigenvalue weighted by Crippen LogP contribution is -2.28. The van der Waals surface area contributed by atoms with Crippen LogP contribution in [0.5, 0.6) is 11.5 Å². The maximum atomic E-state index is 11.6. The Balaban J connectivity index is 1.49. The Bertz CT molecular complexity index is 900. The topological polar surface area (TPSA) is 54.0 Å². The quantitative estimate of drug-likeness (QED) is 0.632. The number of ether oxygens (including phenoxy) is 4. The fraction of sp³-hybridized carbons (Fsp3) is 0.346. The lowest BCUT2D eigenvalue weighted by atomic mass is 9.98. The van der Waals surface area contributed by atoms with E-state index in [2.05, 4.69) is 12.1 Å². The number of carbonyl (C=O) groups excluding carboxylic acids is 1. The summed E-state index contributed by atoms with van der Waals surface area (Å²) >= 11 is 0. The molecule has 0 N–H and O–H groups in total. The third-order valence-corrected chi connectivity index (χ3v) is 5.83. The molecule has 0 aromatic heterocycles. The van der Waals surface area contributed by atoms with Gasteiger partial charge in [0.05, 0.1) is 26.4 Å². The van der Waals surface area contributed by atoms with E-state index in [1.807, 2.05) is 36.4 Å². The number of allylic oxidation sites excluding steroid dienone is 2. The van der Waals surface area contributed by atoms with Gasteiger partial charge in [0.15, 0.2) is 5.78 Å². The third-order valence-electron chi connectivity index (χ3n) is 5.83. The second kappa shape index (κ2) is 9.50. The number of hydrogen-bond acceptors (Lipinski definition) is 5. The van der Waals surface area contributed by atoms with E-state index in [0.29, 0.717) is 0 Å². The summed E-state index contributed by atoms with van der Waals surface area (Å²) in [6, 6.07) is 16.1. The number of benzene rings is 2. The van der Waals surface area contributed by atoms with Gasteiger partial charge in [-0.05, 0) is 73.2 Å². The fourth-order valence-electron chi connectivity index (χ4n) is 4.22. The zero-order chi connectivity index (χ0) is 21.7. The summed E-state index contributed by atoms with van der Waals surface area (Å²) in [6.07, 6.45) is 9.44. The van der Waals surface area contributed by atoms with E-state index in [1.54, 1.807) is 26.4 Å². The van der Waals surface area contributed by atoms with Gasteiger partial charge in [-0.3, -0.25) is 4.79 Å². The molecule has 5 nitrogen and oxygen atoms in total. The van der Waals surface area contributed by atoms with E-state index >= 15 is 0 Å². The van der Waals surface area contributed by atoms with Crippen LogP contribution in [0, 0.1) is 0 Å². The Labute approximate surface area is 183 Å². The van der Waals surface area contributed by atoms with Crippen LogP contribution in [-0.2, 0) is 27.1 Å². The van der Waals surface area contributed by atoms with Crippen molar-refractivity contribution in [2.75, 3.05) is 14.2 Å². The number of aryl methyl sites for hydroxylation is 2. The molecule has 4 rings (SSSR count). The molecule has 2 atom stereocenters. The molecule has 0 unspecified atom stereocenters. The lowest BCUT2D eigenvalue weighted by molar-refractivity contribution is -0.115. The summed E-state index contributed by atoms with van der Waals surface area (Å²) < 4.78 is 23.7. The largest absolute Gasteiger partial charge is 0.496 e. The van der Waals surface area contributed by atoms with Gasteiger partial charge < -0.3 is 18.9 Å². The molecule has 1 fully saturated rings. The van der Waals surface area contributed by atoms with Gasteiger partial charge in [-0.15, -0.1) is 0 Å². The van der Waals surface area contributed by atoms with Crippen molar-refractivity contribution in [3.63, 3.8) is 0 Å². The second-order valence-electron chi connectivity index (χ2n) is 7.80. The molecular formula is C26H28O5. The van der Waals surface area contributed by atoms with Gasteiger partial charge in [0, 0.05) is 0 Å². The van der Waals surface area contributed by atoms with Crippen LogP contribution in [0.3, 0.4) is 0 Å². The van der Waals surface area contributed by atoms with E-state index in [1.165, 1.54) is 12.2 Å². The first-order valence-corrected chi connectivity index (χ1v) is 10.6. The van der Waals surface area contributed by atoms with Crippen molar-refractivity contribution in [2.45, 2.75) is 43.7 Å². The average Bonchev–Trinajstić information content (AvgIpc) is 3.16. The fourth-order valence-corrected chi connectivity index (χ4v) is 4.22. The van der Waals surface area contributed by atoms with Gasteiger partial charge in [-0.2, -0.15) is 0 Å². The lowest BCUT2D eigenvalue weighted by Gasteiger charge is -2.22. The van der Waals surface area contributed by atoms with Crippen LogP contribution in [0.2, 0.25) is 0 Å². The maximum absolute atomic E-state index is 11.6. The highest BCUT2D eigenvalue weighted by Gasteiger charge is 2.45. The Hall–Kier alpha value is -2.89. The van der Waals surface area contributed by atoms with Crippen molar-refractivity contribution < 1.29 is 23.7 Å². The summed E-state index contributed by atoms with van der Waals surface area (Å²) in [6.45, 7) is 0. The first-order chi connectivity index (χ1) is 15.1. The molecule has 1 aliphatic heterocycles. The number of methoxy groups -OCH3 is 2. The molecule has 1 aliphatic carbocycles. The van der Waals surface area contributed by atoms with Gasteiger partial charge in [0.25, 0.3) is 0 Å². The van der Waals surface area contributed by atoms with Crippen molar-refractivity contribution in [3.8, 4) is 11.5 Å². The summed E-state index contributed by atoms with van der Waals surface area (Å²) in [5.74, 6) is 0.737. The van der Waals surface area contributed by atoms with Crippen LogP contribution >= 0.6 is 0 Å². The monoisotopic (exact) mass is 420 g/mol. The minimum absolute atomic E-state index is 0.0548. The zero-order valence-corrected chi connectivity index (χ0v) is 18.0. The molecule has 0 bridgehead atoms. The van der Waals surface area contributed by atoms with E-state index in [0.717, 1.165) is 48.3 Å². The summed E-state index contributed by atoms with van der Waals surface area (Å²) in [5, 5.41) is 0. The Morgan fingerprint density at radius 3 is 1.68 bits per heavy atom. The molecule has 31 heavy (non-hydrogen) atoms. The smallest absolute Gasteiger partial charge is 0.209 e. The molecule has 1 heterocycles. The molecule has 2 aromatic carbocycles. The van der Waals surface area contributed by atoms with Crippen molar-refractivity contribution in [2.24, 2.45) is 0 Å². The van der Waals surface area contributed by atoms with Crippen LogP contribution in [0.4, 0.5) is 0 Å². The van der Waals surface area contributed by atoms with Gasteiger partial charge >= 0.3 is 0 Å². The minimum Gasteiger partial charge on any atom is -0.496 e. The van der Waals surface area contributed by atoms with Gasteiger partial charge in [-0.1, -0.05) is 36.4 Å². The average molecular weight is 421 g/mol. The summed E-state index contributed by atoms with van der Waals surface area (Å²) in [4.78, 5) is 11.6. The second-order valence-corrected chi connectivity index (χ2v) is 7.80. The van der Waals surface area contributed by atoms with Gasteiger partial charge in [-0.25, -0.2) is 0 Å². The van der Waals surface area contributed by atoms with E-state index < -0.39 is 5.79 Å². The Morgan fingerprint density at radius 1 is 0.774 bits per heavy atom. The molecule has 1 saturated heterocycles. The van der Waals surface area contributed by atoms with Gasteiger partial charge in [0.2, 0.25) is 5.79 Å². The zero-order valence-electron chi connectivity index (χ0n) is 18.0. The van der Waals surface area contributed by atoms with E-state index in [4.69, 9.17) is 18.9 Å². The first kappa shape index (κ1) is 21.3. The number of ketones is 1. The van der Waals surface area contributed by atoms with Crippen molar-refractivity contribution in [1.82, 2.24) is 0 Å². The highest BCUT2D eigenvalue weighted by atomic mass is 16.8. The molecular weight excluding hydrogens is 392 g/mol. The van der Waals surface area contributed by atoms with E-state index in [-0.39, 0.29) is 18.0 Å². The normalized spacial score (nSPS) is 21.5. The number of para-hydroxylation sites is 2. The molecule has 1 spiro atoms. The number of carbonyl (C=O) groups is 1. The summed E-state index contributed by atoms with van der Waals surface area (Å²) in [5.41, 5.74) is 2.28. The van der Waals surface area contributed by atoms with Crippen LogP contribution in [0.25, 0.3) is 0 Å². The molecule has 2 aromatic rings. The molecule has 0 radical (unpaired) electrons. The number of hydrogen-bond donors (Lipinski definition) is 0. The highest BCUT2D eigenvalue weighted by Crippen LogP contribution is 2.37. The van der Waals surface area contributed by atoms with Crippen LogP contribution in [0.15, 0.2) is 72.8 Å². The van der Waals surface area contributed by atoms with E-state index in [9.17, 15) is 4.79 Å². The van der Waals surface area contributed by atoms with Crippen LogP contribution in [0.1, 0.15) is 24.0 Å². The highest BCUT2D eigenvalue weighted by molar-refractivity contribution is 6.00. The number of rotatable bonds is 8. The molecule has 162 valence electrons. The Kier molecular flexibility index (Phi) is 6.54. The molecule has 2 aliphatic rings. The standard InChI is InChI=1S/C26H28O5/c1-28-22-9-5-3-7-19(22)11-13-24-25(14-12-20-8-4-6-10-23(20)29-2)31-26(30-24)17-15-21(27)16-18-26/h3-10,15-18,24-25H,11-14H2,1-2H3/t24-,25-/m0/s1. The Morgan fingerprint density at radius 2 is 1.23 bits per heavy atom. The molecule has 5 heteroatoms. The maximum Gasteiger partial charge on any atom is 0.209 e. The third kappa shape index (κ3) is 4.89. The first-order valence-electron chi connectivity index (χ1n) is 10.6. The predicted octanol–water partition coefficient (Wildman–Crippen LogP) is 4.44.